The fourth-order valence-corrected chi connectivity index (χ4v) is 2.34. The SMILES string of the molecule is CC(NC(=O)c1ccc(N)cc1N)C(=O)N1CCCC1. The summed E-state index contributed by atoms with van der Waals surface area (Å²) >= 11 is 0. The van der Waals surface area contributed by atoms with Gasteiger partial charge in [-0.25, -0.2) is 0 Å². The first-order valence-electron chi connectivity index (χ1n) is 6.73. The third-order valence-electron chi connectivity index (χ3n) is 3.46. The fourth-order valence-electron chi connectivity index (χ4n) is 2.34. The van der Waals surface area contributed by atoms with E-state index in [4.69, 9.17) is 11.5 Å². The number of rotatable bonds is 3. The zero-order valence-corrected chi connectivity index (χ0v) is 11.6. The number of nitrogens with one attached hydrogen (secondary N) is 1. The monoisotopic (exact) mass is 276 g/mol. The van der Waals surface area contributed by atoms with E-state index < -0.39 is 6.04 Å². The summed E-state index contributed by atoms with van der Waals surface area (Å²) < 4.78 is 0. The Bertz CT molecular complexity index is 524. The number of nitrogen functional groups attached to an aromatic ring is 2. The molecule has 20 heavy (non-hydrogen) atoms. The Kier molecular flexibility index (Phi) is 4.12. The number of carbonyl (C=O) groups excluding carboxylic acids is 2. The number of hydrogen-bond donors (Lipinski definition) is 3. The molecule has 2 amide bonds. The second-order valence-electron chi connectivity index (χ2n) is 5.07. The van der Waals surface area contributed by atoms with Crippen molar-refractivity contribution in [2.45, 2.75) is 25.8 Å². The highest BCUT2D eigenvalue weighted by Crippen LogP contribution is 2.16. The van der Waals surface area contributed by atoms with E-state index in [0.29, 0.717) is 16.9 Å². The number of hydrogen-bond acceptors (Lipinski definition) is 4. The Hall–Kier alpha value is -2.24. The molecule has 1 fully saturated rings. The summed E-state index contributed by atoms with van der Waals surface area (Å²) in [5, 5.41) is 2.68. The van der Waals surface area contributed by atoms with Crippen LogP contribution in [0.3, 0.4) is 0 Å². The first-order valence-corrected chi connectivity index (χ1v) is 6.73. The molecule has 0 bridgehead atoms. The molecule has 1 aromatic carbocycles. The van der Waals surface area contributed by atoms with Gasteiger partial charge < -0.3 is 21.7 Å². The lowest BCUT2D eigenvalue weighted by atomic mass is 10.1. The zero-order chi connectivity index (χ0) is 14.7. The van der Waals surface area contributed by atoms with E-state index in [9.17, 15) is 9.59 Å². The Morgan fingerprint density at radius 3 is 2.50 bits per heavy atom. The molecule has 1 aromatic rings. The van der Waals surface area contributed by atoms with Crippen LogP contribution in [0.4, 0.5) is 11.4 Å². The highest BCUT2D eigenvalue weighted by atomic mass is 16.2. The van der Waals surface area contributed by atoms with Crippen LogP contribution in [-0.2, 0) is 4.79 Å². The Morgan fingerprint density at radius 1 is 1.25 bits per heavy atom. The Labute approximate surface area is 118 Å². The number of carbonyl (C=O) groups is 2. The van der Waals surface area contributed by atoms with Crippen LogP contribution in [0.1, 0.15) is 30.1 Å². The zero-order valence-electron chi connectivity index (χ0n) is 11.6. The van der Waals surface area contributed by atoms with Gasteiger partial charge in [0, 0.05) is 24.5 Å². The minimum absolute atomic E-state index is 0.0510. The second kappa shape index (κ2) is 5.81. The van der Waals surface area contributed by atoms with E-state index in [2.05, 4.69) is 5.32 Å². The van der Waals surface area contributed by atoms with Crippen LogP contribution in [0.2, 0.25) is 0 Å². The fraction of sp³-hybridized carbons (Fsp3) is 0.429. The van der Waals surface area contributed by atoms with Gasteiger partial charge in [0.05, 0.1) is 5.56 Å². The van der Waals surface area contributed by atoms with Crippen LogP contribution in [0.5, 0.6) is 0 Å². The molecule has 0 spiro atoms. The molecule has 2 rings (SSSR count). The van der Waals surface area contributed by atoms with E-state index in [1.54, 1.807) is 24.0 Å². The molecule has 1 aliphatic rings. The molecule has 1 atom stereocenters. The molecule has 6 heteroatoms. The van der Waals surface area contributed by atoms with Crippen LogP contribution in [0.15, 0.2) is 18.2 Å². The molecule has 1 saturated heterocycles. The number of amides is 2. The summed E-state index contributed by atoms with van der Waals surface area (Å²) in [5.74, 6) is -0.410. The predicted octanol–water partition coefficient (Wildman–Crippen LogP) is 0.592. The van der Waals surface area contributed by atoms with Gasteiger partial charge in [-0.15, -0.1) is 0 Å². The maximum absolute atomic E-state index is 12.1. The lowest BCUT2D eigenvalue weighted by Crippen LogP contribution is -2.46. The van der Waals surface area contributed by atoms with Crippen LogP contribution in [0.25, 0.3) is 0 Å². The molecule has 0 radical (unpaired) electrons. The lowest BCUT2D eigenvalue weighted by Gasteiger charge is -2.21. The normalized spacial score (nSPS) is 15.9. The first kappa shape index (κ1) is 14.2. The highest BCUT2D eigenvalue weighted by molar-refractivity contribution is 6.01. The summed E-state index contributed by atoms with van der Waals surface area (Å²) in [7, 11) is 0. The van der Waals surface area contributed by atoms with Crippen molar-refractivity contribution in [3.63, 3.8) is 0 Å². The number of nitrogens with zero attached hydrogens (tertiary/aromatic N) is 1. The van der Waals surface area contributed by atoms with Gasteiger partial charge in [-0.05, 0) is 38.0 Å². The average molecular weight is 276 g/mol. The van der Waals surface area contributed by atoms with Gasteiger partial charge in [0.2, 0.25) is 5.91 Å². The minimum atomic E-state index is -0.558. The molecule has 1 heterocycles. The molecule has 0 aromatic heterocycles. The summed E-state index contributed by atoms with van der Waals surface area (Å²) in [6, 6.07) is 4.14. The van der Waals surface area contributed by atoms with Gasteiger partial charge in [0.25, 0.3) is 5.91 Å². The standard InChI is InChI=1S/C14H20N4O2/c1-9(14(20)18-6-2-3-7-18)17-13(19)11-5-4-10(15)8-12(11)16/h4-5,8-9H,2-3,6-7,15-16H2,1H3,(H,17,19). The lowest BCUT2D eigenvalue weighted by molar-refractivity contribution is -0.131. The van der Waals surface area contributed by atoms with Crippen molar-refractivity contribution in [1.29, 1.82) is 0 Å². The second-order valence-corrected chi connectivity index (χ2v) is 5.07. The Balaban J connectivity index is 2.01. The molecular formula is C14H20N4O2. The van der Waals surface area contributed by atoms with Crippen molar-refractivity contribution < 1.29 is 9.59 Å². The molecule has 1 aliphatic heterocycles. The number of likely N-dealkylation sites (tertiary alicyclic amines) is 1. The third kappa shape index (κ3) is 3.01. The largest absolute Gasteiger partial charge is 0.399 e. The van der Waals surface area contributed by atoms with E-state index in [1.165, 1.54) is 6.07 Å². The third-order valence-corrected chi connectivity index (χ3v) is 3.46. The van der Waals surface area contributed by atoms with Crippen LogP contribution in [0, 0.1) is 0 Å². The van der Waals surface area contributed by atoms with Gasteiger partial charge >= 0.3 is 0 Å². The van der Waals surface area contributed by atoms with Gasteiger partial charge in [-0.1, -0.05) is 0 Å². The van der Waals surface area contributed by atoms with E-state index in [-0.39, 0.29) is 11.8 Å². The predicted molar refractivity (Wildman–Crippen MR) is 78.0 cm³/mol. The van der Waals surface area contributed by atoms with E-state index in [0.717, 1.165) is 25.9 Å². The molecule has 108 valence electrons. The van der Waals surface area contributed by atoms with E-state index >= 15 is 0 Å². The summed E-state index contributed by atoms with van der Waals surface area (Å²) in [5.41, 5.74) is 12.5. The maximum Gasteiger partial charge on any atom is 0.254 e. The quantitative estimate of drug-likeness (QED) is 0.703. The van der Waals surface area contributed by atoms with E-state index in [1.807, 2.05) is 0 Å². The van der Waals surface area contributed by atoms with Crippen LogP contribution >= 0.6 is 0 Å². The number of benzene rings is 1. The molecule has 0 saturated carbocycles. The average Bonchev–Trinajstić information content (AvgIpc) is 2.91. The topological polar surface area (TPSA) is 101 Å². The molecule has 6 nitrogen and oxygen atoms in total. The summed E-state index contributed by atoms with van der Waals surface area (Å²) in [6.45, 7) is 3.22. The Morgan fingerprint density at radius 2 is 1.90 bits per heavy atom. The van der Waals surface area contributed by atoms with Gasteiger partial charge in [0.1, 0.15) is 6.04 Å². The van der Waals surface area contributed by atoms with Crippen molar-refractivity contribution in [2.75, 3.05) is 24.6 Å². The minimum Gasteiger partial charge on any atom is -0.399 e. The van der Waals surface area contributed by atoms with Gasteiger partial charge in [0.15, 0.2) is 0 Å². The van der Waals surface area contributed by atoms with Crippen LogP contribution < -0.4 is 16.8 Å². The first-order chi connectivity index (χ1) is 9.49. The van der Waals surface area contributed by atoms with Crippen LogP contribution in [-0.4, -0.2) is 35.8 Å². The smallest absolute Gasteiger partial charge is 0.254 e. The number of anilines is 2. The van der Waals surface area contributed by atoms with Crippen molar-refractivity contribution in [2.24, 2.45) is 0 Å². The van der Waals surface area contributed by atoms with Crippen molar-refractivity contribution in [3.05, 3.63) is 23.8 Å². The van der Waals surface area contributed by atoms with Crippen molar-refractivity contribution in [3.8, 4) is 0 Å². The summed E-state index contributed by atoms with van der Waals surface area (Å²) in [6.07, 6.45) is 2.05. The number of nitrogens with two attached hydrogens (primary N) is 2. The maximum atomic E-state index is 12.1. The van der Waals surface area contributed by atoms with Gasteiger partial charge in [-0.3, -0.25) is 9.59 Å². The summed E-state index contributed by atoms with van der Waals surface area (Å²) in [4.78, 5) is 26.0. The molecule has 5 N–H and O–H groups in total. The molecule has 0 aliphatic carbocycles. The molecular weight excluding hydrogens is 256 g/mol. The van der Waals surface area contributed by atoms with Crippen molar-refractivity contribution in [1.82, 2.24) is 10.2 Å². The molecule has 1 unspecified atom stereocenters. The van der Waals surface area contributed by atoms with Gasteiger partial charge in [-0.2, -0.15) is 0 Å². The highest BCUT2D eigenvalue weighted by Gasteiger charge is 2.25. The van der Waals surface area contributed by atoms with Crippen molar-refractivity contribution >= 4 is 23.2 Å².